The highest BCUT2D eigenvalue weighted by Crippen LogP contribution is 2.34. The van der Waals surface area contributed by atoms with Crippen molar-refractivity contribution in [1.29, 1.82) is 0 Å². The minimum Gasteiger partial charge on any atom is -0.215 e. The van der Waals surface area contributed by atoms with E-state index in [2.05, 4.69) is 51.4 Å². The minimum absolute atomic E-state index is 0.137. The van der Waals surface area contributed by atoms with E-state index in [1.54, 1.807) is 27.7 Å². The zero-order chi connectivity index (χ0) is 23.9. The Morgan fingerprint density at radius 1 is 0.969 bits per heavy atom. The normalized spacial score (nSPS) is 18.7. The summed E-state index contributed by atoms with van der Waals surface area (Å²) in [5.41, 5.74) is 3.60. The van der Waals surface area contributed by atoms with Crippen LogP contribution in [-0.2, 0) is 26.7 Å². The Kier molecular flexibility index (Phi) is 9.90. The quantitative estimate of drug-likeness (QED) is 0.423. The summed E-state index contributed by atoms with van der Waals surface area (Å²) in [6.07, 6.45) is 5.88. The summed E-state index contributed by atoms with van der Waals surface area (Å²) in [5.74, 6) is 0.762. The maximum Gasteiger partial charge on any atom is 0.277 e. The van der Waals surface area contributed by atoms with Crippen LogP contribution in [0, 0.1) is 11.8 Å². The van der Waals surface area contributed by atoms with Crippen molar-refractivity contribution in [2.24, 2.45) is 11.8 Å². The molecule has 0 aliphatic heterocycles. The second kappa shape index (κ2) is 11.7. The van der Waals surface area contributed by atoms with E-state index < -0.39 is 25.5 Å². The molecule has 3 N–H and O–H groups in total. The van der Waals surface area contributed by atoms with Crippen LogP contribution < -0.4 is 14.2 Å². The number of sulfonamides is 1. The van der Waals surface area contributed by atoms with Crippen LogP contribution in [0.5, 0.6) is 0 Å². The molecule has 0 saturated carbocycles. The number of rotatable bonds is 12. The third kappa shape index (κ3) is 8.59. The topological polar surface area (TPSA) is 104 Å². The van der Waals surface area contributed by atoms with Gasteiger partial charge in [-0.1, -0.05) is 37.3 Å². The lowest BCUT2D eigenvalue weighted by Gasteiger charge is -2.28. The Labute approximate surface area is 194 Å². The van der Waals surface area contributed by atoms with Crippen LogP contribution in [0.4, 0.5) is 0 Å². The van der Waals surface area contributed by atoms with Crippen molar-refractivity contribution in [3.8, 4) is 0 Å². The van der Waals surface area contributed by atoms with Gasteiger partial charge in [-0.3, -0.25) is 0 Å². The third-order valence-electron chi connectivity index (χ3n) is 5.90. The Morgan fingerprint density at radius 2 is 1.62 bits per heavy atom. The summed E-state index contributed by atoms with van der Waals surface area (Å²) < 4.78 is 55.4. The summed E-state index contributed by atoms with van der Waals surface area (Å²) in [4.78, 5) is 0. The SMILES string of the molecule is CC(C)NS(=O)(=O)NCCc1ccc(C2=CCC(C(C)CNS(=O)(=O)C(C)C)CC2)cc1. The van der Waals surface area contributed by atoms with Gasteiger partial charge in [0.05, 0.1) is 5.25 Å². The molecule has 2 rings (SSSR count). The van der Waals surface area contributed by atoms with Crippen LogP contribution in [0.2, 0.25) is 0 Å². The van der Waals surface area contributed by atoms with E-state index in [-0.39, 0.29) is 12.0 Å². The molecule has 7 nitrogen and oxygen atoms in total. The maximum absolute atomic E-state index is 12.0. The van der Waals surface area contributed by atoms with Crippen molar-refractivity contribution in [2.45, 2.75) is 71.6 Å². The van der Waals surface area contributed by atoms with Crippen molar-refractivity contribution in [1.82, 2.24) is 14.2 Å². The van der Waals surface area contributed by atoms with Gasteiger partial charge in [0.1, 0.15) is 0 Å². The maximum atomic E-state index is 12.0. The van der Waals surface area contributed by atoms with Crippen molar-refractivity contribution in [2.75, 3.05) is 13.1 Å². The first kappa shape index (κ1) is 27.0. The van der Waals surface area contributed by atoms with E-state index >= 15 is 0 Å². The van der Waals surface area contributed by atoms with E-state index in [0.29, 0.717) is 25.4 Å². The molecule has 0 radical (unpaired) electrons. The molecule has 0 saturated heterocycles. The van der Waals surface area contributed by atoms with Crippen LogP contribution in [-0.4, -0.2) is 41.2 Å². The summed E-state index contributed by atoms with van der Waals surface area (Å²) in [6.45, 7) is 9.91. The second-order valence-electron chi connectivity index (χ2n) is 9.30. The molecule has 0 aromatic heterocycles. The summed E-state index contributed by atoms with van der Waals surface area (Å²) in [5, 5.41) is -0.410. The van der Waals surface area contributed by atoms with Crippen molar-refractivity contribution in [3.63, 3.8) is 0 Å². The van der Waals surface area contributed by atoms with Gasteiger partial charge >= 0.3 is 0 Å². The molecule has 32 heavy (non-hydrogen) atoms. The molecular formula is C23H39N3O4S2. The molecule has 2 unspecified atom stereocenters. The fourth-order valence-corrected chi connectivity index (χ4v) is 5.68. The molecule has 1 aromatic rings. The standard InChI is InChI=1S/C23H39N3O4S2/c1-17(2)26-32(29,30)24-15-14-20-6-8-22(9-7-20)23-12-10-21(11-13-23)19(5)16-25-31(27,28)18(3)4/h6-9,12,17-19,21,24-26H,10-11,13-16H2,1-5H3. The van der Waals surface area contributed by atoms with Gasteiger partial charge in [-0.15, -0.1) is 0 Å². The molecular weight excluding hydrogens is 446 g/mol. The van der Waals surface area contributed by atoms with Crippen LogP contribution in [0.15, 0.2) is 30.3 Å². The van der Waals surface area contributed by atoms with Gasteiger partial charge in [-0.2, -0.15) is 13.1 Å². The number of allylic oxidation sites excluding steroid dienone is 2. The number of hydrogen-bond acceptors (Lipinski definition) is 4. The molecule has 0 fully saturated rings. The molecule has 2 atom stereocenters. The van der Waals surface area contributed by atoms with Crippen molar-refractivity contribution < 1.29 is 16.8 Å². The Balaban J connectivity index is 1.84. The predicted octanol–water partition coefficient (Wildman–Crippen LogP) is 3.21. The van der Waals surface area contributed by atoms with E-state index in [0.717, 1.165) is 24.8 Å². The second-order valence-corrected chi connectivity index (χ2v) is 13.2. The Morgan fingerprint density at radius 3 is 2.16 bits per heavy atom. The predicted molar refractivity (Wildman–Crippen MR) is 132 cm³/mol. The smallest absolute Gasteiger partial charge is 0.215 e. The molecule has 0 heterocycles. The molecule has 9 heteroatoms. The zero-order valence-electron chi connectivity index (χ0n) is 19.9. The van der Waals surface area contributed by atoms with E-state index in [9.17, 15) is 16.8 Å². The lowest BCUT2D eigenvalue weighted by molar-refractivity contribution is 0.334. The van der Waals surface area contributed by atoms with Crippen LogP contribution in [0.1, 0.15) is 65.0 Å². The average Bonchev–Trinajstić information content (AvgIpc) is 2.71. The lowest BCUT2D eigenvalue weighted by atomic mass is 9.80. The van der Waals surface area contributed by atoms with Gasteiger partial charge in [-0.25, -0.2) is 17.9 Å². The van der Waals surface area contributed by atoms with Gasteiger partial charge in [0, 0.05) is 19.1 Å². The Bertz CT molecular complexity index is 969. The van der Waals surface area contributed by atoms with Gasteiger partial charge in [-0.05, 0) is 81.9 Å². The van der Waals surface area contributed by atoms with Gasteiger partial charge < -0.3 is 0 Å². The van der Waals surface area contributed by atoms with Crippen molar-refractivity contribution in [3.05, 3.63) is 41.5 Å². The summed E-state index contributed by atoms with van der Waals surface area (Å²) in [6, 6.07) is 8.17. The highest BCUT2D eigenvalue weighted by Gasteiger charge is 2.23. The number of benzene rings is 1. The van der Waals surface area contributed by atoms with Gasteiger partial charge in [0.25, 0.3) is 10.2 Å². The van der Waals surface area contributed by atoms with Crippen LogP contribution in [0.3, 0.4) is 0 Å². The summed E-state index contributed by atoms with van der Waals surface area (Å²) >= 11 is 0. The zero-order valence-corrected chi connectivity index (χ0v) is 21.5. The molecule has 1 aliphatic rings. The van der Waals surface area contributed by atoms with Crippen LogP contribution in [0.25, 0.3) is 5.57 Å². The van der Waals surface area contributed by atoms with E-state index in [1.807, 2.05) is 0 Å². The van der Waals surface area contributed by atoms with Crippen molar-refractivity contribution >= 4 is 25.8 Å². The first-order valence-electron chi connectivity index (χ1n) is 11.4. The molecule has 0 spiro atoms. The number of hydrogen-bond donors (Lipinski definition) is 3. The lowest BCUT2D eigenvalue weighted by Crippen LogP contribution is -2.41. The minimum atomic E-state index is -3.45. The van der Waals surface area contributed by atoms with Crippen LogP contribution >= 0.6 is 0 Å². The van der Waals surface area contributed by atoms with Gasteiger partial charge in [0.2, 0.25) is 10.0 Å². The number of nitrogens with one attached hydrogen (secondary N) is 3. The molecule has 0 amide bonds. The highest BCUT2D eigenvalue weighted by molar-refractivity contribution is 7.90. The monoisotopic (exact) mass is 485 g/mol. The molecule has 182 valence electrons. The average molecular weight is 486 g/mol. The first-order valence-corrected chi connectivity index (χ1v) is 14.5. The third-order valence-corrected chi connectivity index (χ3v) is 9.08. The van der Waals surface area contributed by atoms with E-state index in [1.165, 1.54) is 11.1 Å². The highest BCUT2D eigenvalue weighted by atomic mass is 32.2. The fraction of sp³-hybridized carbons (Fsp3) is 0.652. The summed E-state index contributed by atoms with van der Waals surface area (Å²) in [7, 11) is -6.67. The first-order chi connectivity index (χ1) is 14.9. The molecule has 1 aromatic carbocycles. The van der Waals surface area contributed by atoms with Gasteiger partial charge in [0.15, 0.2) is 0 Å². The fourth-order valence-electron chi connectivity index (χ4n) is 3.78. The Hall–Kier alpha value is -1.26. The largest absolute Gasteiger partial charge is 0.277 e. The molecule has 1 aliphatic carbocycles. The van der Waals surface area contributed by atoms with E-state index in [4.69, 9.17) is 0 Å². The molecule has 0 bridgehead atoms.